The lowest BCUT2D eigenvalue weighted by Crippen LogP contribution is -2.54. The Morgan fingerprint density at radius 2 is 1.86 bits per heavy atom. The summed E-state index contributed by atoms with van der Waals surface area (Å²) in [7, 11) is 3.47. The van der Waals surface area contributed by atoms with Crippen LogP contribution in [0, 0.1) is 17.3 Å². The first-order valence-corrected chi connectivity index (χ1v) is 7.93. The summed E-state index contributed by atoms with van der Waals surface area (Å²) in [6, 6.07) is -0.427. The summed E-state index contributed by atoms with van der Waals surface area (Å²) in [5.41, 5.74) is -0.387. The van der Waals surface area contributed by atoms with Gasteiger partial charge in [-0.2, -0.15) is 0 Å². The molecule has 0 bridgehead atoms. The number of hydrogen-bond donors (Lipinski definition) is 2. The molecule has 2 N–H and O–H groups in total. The van der Waals surface area contributed by atoms with E-state index in [1.54, 1.807) is 19.0 Å². The minimum atomic E-state index is -0.427. The number of amides is 2. The molecule has 1 aliphatic heterocycles. The van der Waals surface area contributed by atoms with Crippen LogP contribution in [0.5, 0.6) is 0 Å². The molecule has 1 aliphatic rings. The fraction of sp³-hybridized carbons (Fsp3) is 0.875. The van der Waals surface area contributed by atoms with Crippen LogP contribution in [0.2, 0.25) is 0 Å². The molecule has 0 aromatic heterocycles. The lowest BCUT2D eigenvalue weighted by Gasteiger charge is -2.33. The van der Waals surface area contributed by atoms with Gasteiger partial charge in [0.15, 0.2) is 0 Å². The molecule has 0 spiro atoms. The van der Waals surface area contributed by atoms with Crippen LogP contribution in [-0.4, -0.2) is 49.9 Å². The van der Waals surface area contributed by atoms with Gasteiger partial charge in [0.25, 0.3) is 0 Å². The average molecular weight is 297 g/mol. The van der Waals surface area contributed by atoms with E-state index in [1.807, 2.05) is 0 Å². The number of hydrogen-bond acceptors (Lipinski definition) is 3. The molecule has 0 aliphatic carbocycles. The van der Waals surface area contributed by atoms with Gasteiger partial charge in [-0.25, -0.2) is 0 Å². The number of carbonyl (C=O) groups excluding carboxylic acids is 2. The van der Waals surface area contributed by atoms with Crippen LogP contribution in [-0.2, 0) is 9.59 Å². The van der Waals surface area contributed by atoms with Crippen LogP contribution in [0.3, 0.4) is 0 Å². The second-order valence-corrected chi connectivity index (χ2v) is 7.13. The fourth-order valence-corrected chi connectivity index (χ4v) is 2.97. The first kappa shape index (κ1) is 18.0. The Balaban J connectivity index is 2.86. The van der Waals surface area contributed by atoms with Gasteiger partial charge in [0.2, 0.25) is 11.8 Å². The Morgan fingerprint density at radius 1 is 1.24 bits per heavy atom. The van der Waals surface area contributed by atoms with Gasteiger partial charge >= 0.3 is 0 Å². The highest BCUT2D eigenvalue weighted by molar-refractivity contribution is 5.90. The van der Waals surface area contributed by atoms with Crippen LogP contribution >= 0.6 is 0 Å². The summed E-state index contributed by atoms with van der Waals surface area (Å²) in [5.74, 6) is 0.600. The van der Waals surface area contributed by atoms with Crippen molar-refractivity contribution in [2.45, 2.75) is 46.6 Å². The normalized spacial score (nSPS) is 23.4. The van der Waals surface area contributed by atoms with Crippen LogP contribution in [0.25, 0.3) is 0 Å². The van der Waals surface area contributed by atoms with Gasteiger partial charge in [-0.15, -0.1) is 0 Å². The highest BCUT2D eigenvalue weighted by atomic mass is 16.2. The van der Waals surface area contributed by atoms with E-state index in [0.717, 1.165) is 13.0 Å². The first-order chi connectivity index (χ1) is 9.70. The minimum absolute atomic E-state index is 0.0170. The molecule has 0 aromatic carbocycles. The molecule has 5 nitrogen and oxygen atoms in total. The fourth-order valence-electron chi connectivity index (χ4n) is 2.97. The summed E-state index contributed by atoms with van der Waals surface area (Å²) >= 11 is 0. The third kappa shape index (κ3) is 4.19. The second kappa shape index (κ2) is 7.25. The maximum atomic E-state index is 12.8. The molecule has 0 saturated carbocycles. The highest BCUT2D eigenvalue weighted by Gasteiger charge is 2.45. The molecule has 2 unspecified atom stereocenters. The minimum Gasteiger partial charge on any atom is -0.347 e. The monoisotopic (exact) mass is 297 g/mol. The van der Waals surface area contributed by atoms with Crippen LogP contribution in [0.1, 0.15) is 40.5 Å². The van der Waals surface area contributed by atoms with E-state index in [4.69, 9.17) is 0 Å². The van der Waals surface area contributed by atoms with E-state index in [9.17, 15) is 9.59 Å². The molecule has 21 heavy (non-hydrogen) atoms. The van der Waals surface area contributed by atoms with Crippen molar-refractivity contribution >= 4 is 11.8 Å². The maximum absolute atomic E-state index is 12.8. The Hall–Kier alpha value is -1.10. The van der Waals surface area contributed by atoms with Crippen molar-refractivity contribution < 1.29 is 9.59 Å². The highest BCUT2D eigenvalue weighted by Crippen LogP contribution is 2.34. The SMILES string of the molecule is CC(C)CC(NC(=O)C1(C(C)C)CCNC1)C(=O)N(C)C. The van der Waals surface area contributed by atoms with Crippen LogP contribution in [0.4, 0.5) is 0 Å². The molecular weight excluding hydrogens is 266 g/mol. The molecule has 1 rings (SSSR count). The molecule has 1 saturated heterocycles. The van der Waals surface area contributed by atoms with E-state index >= 15 is 0 Å². The molecule has 2 amide bonds. The molecule has 0 radical (unpaired) electrons. The van der Waals surface area contributed by atoms with Crippen molar-refractivity contribution in [3.8, 4) is 0 Å². The van der Waals surface area contributed by atoms with Crippen molar-refractivity contribution in [2.24, 2.45) is 17.3 Å². The zero-order valence-electron chi connectivity index (χ0n) is 14.3. The van der Waals surface area contributed by atoms with E-state index < -0.39 is 6.04 Å². The first-order valence-electron chi connectivity index (χ1n) is 7.93. The van der Waals surface area contributed by atoms with E-state index in [0.29, 0.717) is 18.9 Å². The van der Waals surface area contributed by atoms with Gasteiger partial charge in [-0.1, -0.05) is 27.7 Å². The Kier molecular flexibility index (Phi) is 6.20. The number of nitrogens with one attached hydrogen (secondary N) is 2. The van der Waals surface area contributed by atoms with Crippen molar-refractivity contribution in [1.82, 2.24) is 15.5 Å². The standard InChI is InChI=1S/C16H31N3O2/c1-11(2)9-13(14(20)19(5)6)18-15(21)16(12(3)4)7-8-17-10-16/h11-13,17H,7-10H2,1-6H3,(H,18,21). The van der Waals surface area contributed by atoms with Gasteiger partial charge in [0.1, 0.15) is 6.04 Å². The van der Waals surface area contributed by atoms with Crippen molar-refractivity contribution in [2.75, 3.05) is 27.2 Å². The number of carbonyl (C=O) groups is 2. The van der Waals surface area contributed by atoms with Gasteiger partial charge in [-0.3, -0.25) is 9.59 Å². The van der Waals surface area contributed by atoms with E-state index in [1.165, 1.54) is 0 Å². The second-order valence-electron chi connectivity index (χ2n) is 7.13. The summed E-state index contributed by atoms with van der Waals surface area (Å²) < 4.78 is 0. The quantitative estimate of drug-likeness (QED) is 0.775. The van der Waals surface area contributed by atoms with Gasteiger partial charge in [-0.05, 0) is 31.2 Å². The van der Waals surface area contributed by atoms with Gasteiger partial charge in [0.05, 0.1) is 5.41 Å². The average Bonchev–Trinajstić information content (AvgIpc) is 2.86. The largest absolute Gasteiger partial charge is 0.347 e. The van der Waals surface area contributed by atoms with Gasteiger partial charge < -0.3 is 15.5 Å². The molecule has 2 atom stereocenters. The molecule has 1 fully saturated rings. The zero-order valence-corrected chi connectivity index (χ0v) is 14.3. The van der Waals surface area contributed by atoms with E-state index in [2.05, 4.69) is 38.3 Å². The third-order valence-corrected chi connectivity index (χ3v) is 4.50. The van der Waals surface area contributed by atoms with Crippen LogP contribution < -0.4 is 10.6 Å². The summed E-state index contributed by atoms with van der Waals surface area (Å²) in [4.78, 5) is 26.7. The van der Waals surface area contributed by atoms with Crippen molar-refractivity contribution in [3.05, 3.63) is 0 Å². The van der Waals surface area contributed by atoms with Crippen LogP contribution in [0.15, 0.2) is 0 Å². The Morgan fingerprint density at radius 3 is 2.24 bits per heavy atom. The number of likely N-dealkylation sites (N-methyl/N-ethyl adjacent to an activating group) is 1. The molecular formula is C16H31N3O2. The summed E-state index contributed by atoms with van der Waals surface area (Å²) in [5, 5.41) is 6.31. The third-order valence-electron chi connectivity index (χ3n) is 4.50. The van der Waals surface area contributed by atoms with Crippen molar-refractivity contribution in [1.29, 1.82) is 0 Å². The predicted octanol–water partition coefficient (Wildman–Crippen LogP) is 1.24. The lowest BCUT2D eigenvalue weighted by molar-refractivity contribution is -0.139. The molecule has 122 valence electrons. The van der Waals surface area contributed by atoms with Crippen molar-refractivity contribution in [3.63, 3.8) is 0 Å². The Bertz CT molecular complexity index is 372. The van der Waals surface area contributed by atoms with Gasteiger partial charge in [0, 0.05) is 20.6 Å². The lowest BCUT2D eigenvalue weighted by atomic mass is 9.75. The Labute approximate surface area is 128 Å². The summed E-state index contributed by atoms with van der Waals surface area (Å²) in [6.07, 6.45) is 1.51. The molecule has 0 aromatic rings. The summed E-state index contributed by atoms with van der Waals surface area (Å²) in [6.45, 7) is 9.85. The topological polar surface area (TPSA) is 61.4 Å². The molecule has 1 heterocycles. The predicted molar refractivity (Wildman–Crippen MR) is 84.8 cm³/mol. The smallest absolute Gasteiger partial charge is 0.244 e. The number of nitrogens with zero attached hydrogens (tertiary/aromatic N) is 1. The van der Waals surface area contributed by atoms with E-state index in [-0.39, 0.29) is 23.1 Å². The maximum Gasteiger partial charge on any atom is 0.244 e. The zero-order chi connectivity index (χ0) is 16.2. The molecule has 5 heteroatoms. The number of rotatable bonds is 6.